The molecule has 1 aliphatic rings. The van der Waals surface area contributed by atoms with Gasteiger partial charge in [-0.3, -0.25) is 0 Å². The first kappa shape index (κ1) is 13.0. The molecule has 1 fully saturated rings. The van der Waals surface area contributed by atoms with Crippen LogP contribution in [0.2, 0.25) is 0 Å². The van der Waals surface area contributed by atoms with Gasteiger partial charge in [0.25, 0.3) is 0 Å². The predicted molar refractivity (Wildman–Crippen MR) is 77.8 cm³/mol. The number of ether oxygens (including phenoxy) is 1. The molecule has 0 spiro atoms. The van der Waals surface area contributed by atoms with Crippen molar-refractivity contribution >= 4 is 23.1 Å². The molecule has 0 aliphatic carbocycles. The Morgan fingerprint density at radius 3 is 3.16 bits per heavy atom. The molecule has 0 saturated carbocycles. The molecule has 2 aromatic heterocycles. The van der Waals surface area contributed by atoms with Crippen LogP contribution in [0.5, 0.6) is 0 Å². The molecule has 19 heavy (non-hydrogen) atoms. The standard InChI is InChI=1S/C12H16N4OS2/c13-16-11(10-5-3-7-18-10)14-15-12(16)19-8-9-4-1-2-6-17-9/h3,5,7,9H,1-2,4,6,8,13H2. The minimum atomic E-state index is 0.320. The fourth-order valence-electron chi connectivity index (χ4n) is 2.06. The molecule has 2 aromatic rings. The van der Waals surface area contributed by atoms with Gasteiger partial charge in [-0.2, -0.15) is 0 Å². The van der Waals surface area contributed by atoms with E-state index in [9.17, 15) is 0 Å². The van der Waals surface area contributed by atoms with Crippen LogP contribution in [0, 0.1) is 0 Å². The smallest absolute Gasteiger partial charge is 0.210 e. The van der Waals surface area contributed by atoms with E-state index in [1.165, 1.54) is 12.8 Å². The number of thiophene rings is 1. The van der Waals surface area contributed by atoms with E-state index >= 15 is 0 Å². The van der Waals surface area contributed by atoms with Gasteiger partial charge in [0.15, 0.2) is 5.82 Å². The SMILES string of the molecule is Nn1c(SCC2CCCCO2)nnc1-c1cccs1. The second-order valence-corrected chi connectivity index (χ2v) is 6.39. The fourth-order valence-corrected chi connectivity index (χ4v) is 3.68. The molecule has 0 aromatic carbocycles. The van der Waals surface area contributed by atoms with Crippen LogP contribution in [0.3, 0.4) is 0 Å². The highest BCUT2D eigenvalue weighted by molar-refractivity contribution is 7.99. The van der Waals surface area contributed by atoms with Crippen LogP contribution in [0.4, 0.5) is 0 Å². The highest BCUT2D eigenvalue weighted by Crippen LogP contribution is 2.26. The number of aromatic nitrogens is 3. The first-order chi connectivity index (χ1) is 9.34. The van der Waals surface area contributed by atoms with Crippen molar-refractivity contribution in [1.82, 2.24) is 14.9 Å². The molecule has 0 bridgehead atoms. The first-order valence-electron chi connectivity index (χ1n) is 6.33. The van der Waals surface area contributed by atoms with E-state index in [0.29, 0.717) is 6.10 Å². The average Bonchev–Trinajstić information content (AvgIpc) is 3.07. The molecule has 0 amide bonds. The van der Waals surface area contributed by atoms with Crippen molar-refractivity contribution in [3.05, 3.63) is 17.5 Å². The third-order valence-corrected chi connectivity index (χ3v) is 5.02. The van der Waals surface area contributed by atoms with Gasteiger partial charge in [0.1, 0.15) is 0 Å². The highest BCUT2D eigenvalue weighted by atomic mass is 32.2. The van der Waals surface area contributed by atoms with Crippen molar-refractivity contribution in [3.8, 4) is 10.7 Å². The van der Waals surface area contributed by atoms with Gasteiger partial charge in [-0.25, -0.2) is 4.68 Å². The third kappa shape index (κ3) is 2.93. The molecule has 0 radical (unpaired) electrons. The lowest BCUT2D eigenvalue weighted by molar-refractivity contribution is 0.0315. The summed E-state index contributed by atoms with van der Waals surface area (Å²) in [4.78, 5) is 1.04. The first-order valence-corrected chi connectivity index (χ1v) is 8.20. The minimum absolute atomic E-state index is 0.320. The number of hydrogen-bond donors (Lipinski definition) is 1. The number of thioether (sulfide) groups is 1. The number of nitrogens with zero attached hydrogens (tertiary/aromatic N) is 3. The van der Waals surface area contributed by atoms with Gasteiger partial charge in [-0.05, 0) is 30.7 Å². The summed E-state index contributed by atoms with van der Waals surface area (Å²) in [6, 6.07) is 3.98. The maximum atomic E-state index is 6.05. The van der Waals surface area contributed by atoms with Crippen LogP contribution in [0.15, 0.2) is 22.7 Å². The Morgan fingerprint density at radius 2 is 2.42 bits per heavy atom. The summed E-state index contributed by atoms with van der Waals surface area (Å²) in [5.41, 5.74) is 0. The molecule has 5 nitrogen and oxygen atoms in total. The van der Waals surface area contributed by atoms with Gasteiger partial charge in [-0.15, -0.1) is 21.5 Å². The second kappa shape index (κ2) is 5.94. The lowest BCUT2D eigenvalue weighted by atomic mass is 10.1. The zero-order valence-corrected chi connectivity index (χ0v) is 12.1. The highest BCUT2D eigenvalue weighted by Gasteiger charge is 2.17. The molecule has 2 N–H and O–H groups in total. The lowest BCUT2D eigenvalue weighted by Crippen LogP contribution is -2.22. The Bertz CT molecular complexity index is 520. The van der Waals surface area contributed by atoms with Gasteiger partial charge in [-0.1, -0.05) is 17.8 Å². The molecule has 1 saturated heterocycles. The molecule has 1 unspecified atom stereocenters. The summed E-state index contributed by atoms with van der Waals surface area (Å²) in [7, 11) is 0. The maximum absolute atomic E-state index is 6.05. The topological polar surface area (TPSA) is 66.0 Å². The van der Waals surface area contributed by atoms with E-state index in [-0.39, 0.29) is 0 Å². The fraction of sp³-hybridized carbons (Fsp3) is 0.500. The summed E-state index contributed by atoms with van der Waals surface area (Å²) in [5, 5.41) is 11.1. The normalized spacial score (nSPS) is 19.7. The van der Waals surface area contributed by atoms with E-state index in [1.807, 2.05) is 17.5 Å². The number of nitrogen functional groups attached to an aromatic ring is 1. The Balaban J connectivity index is 1.65. The Kier molecular flexibility index (Phi) is 4.05. The number of hydrogen-bond acceptors (Lipinski definition) is 6. The van der Waals surface area contributed by atoms with Crippen LogP contribution < -0.4 is 5.84 Å². The van der Waals surface area contributed by atoms with Gasteiger partial charge >= 0.3 is 0 Å². The van der Waals surface area contributed by atoms with Crippen LogP contribution >= 0.6 is 23.1 Å². The summed E-state index contributed by atoms with van der Waals surface area (Å²) >= 11 is 3.23. The second-order valence-electron chi connectivity index (χ2n) is 4.45. The van der Waals surface area contributed by atoms with Crippen molar-refractivity contribution in [2.75, 3.05) is 18.2 Å². The quantitative estimate of drug-likeness (QED) is 0.693. The molecule has 7 heteroatoms. The van der Waals surface area contributed by atoms with E-state index in [1.54, 1.807) is 27.8 Å². The van der Waals surface area contributed by atoms with Crippen molar-refractivity contribution in [2.45, 2.75) is 30.5 Å². The van der Waals surface area contributed by atoms with Gasteiger partial charge in [0.05, 0.1) is 11.0 Å². The van der Waals surface area contributed by atoms with Crippen LogP contribution in [-0.2, 0) is 4.74 Å². The largest absolute Gasteiger partial charge is 0.377 e. The van der Waals surface area contributed by atoms with E-state index in [4.69, 9.17) is 10.6 Å². The average molecular weight is 296 g/mol. The van der Waals surface area contributed by atoms with Crippen molar-refractivity contribution in [1.29, 1.82) is 0 Å². The summed E-state index contributed by atoms with van der Waals surface area (Å²) in [6.07, 6.45) is 3.88. The molecule has 1 atom stereocenters. The van der Waals surface area contributed by atoms with E-state index in [2.05, 4.69) is 10.2 Å². The van der Waals surface area contributed by atoms with Gasteiger partial charge < -0.3 is 10.6 Å². The number of nitrogens with two attached hydrogens (primary N) is 1. The zero-order valence-electron chi connectivity index (χ0n) is 10.5. The maximum Gasteiger partial charge on any atom is 0.210 e. The lowest BCUT2D eigenvalue weighted by Gasteiger charge is -2.21. The summed E-state index contributed by atoms with van der Waals surface area (Å²) in [5.74, 6) is 7.66. The molecule has 102 valence electrons. The Morgan fingerprint density at radius 1 is 1.47 bits per heavy atom. The van der Waals surface area contributed by atoms with Crippen LogP contribution in [-0.4, -0.2) is 33.3 Å². The van der Waals surface area contributed by atoms with Crippen molar-refractivity contribution in [3.63, 3.8) is 0 Å². The minimum Gasteiger partial charge on any atom is -0.377 e. The summed E-state index contributed by atoms with van der Waals surface area (Å²) in [6.45, 7) is 0.876. The molecule has 3 heterocycles. The van der Waals surface area contributed by atoms with Crippen LogP contribution in [0.25, 0.3) is 10.7 Å². The molecule has 3 rings (SSSR count). The monoisotopic (exact) mass is 296 g/mol. The Hall–Kier alpha value is -1.05. The van der Waals surface area contributed by atoms with Gasteiger partial charge in [0.2, 0.25) is 5.16 Å². The third-order valence-electron chi connectivity index (χ3n) is 3.08. The molecular weight excluding hydrogens is 280 g/mol. The van der Waals surface area contributed by atoms with E-state index < -0.39 is 0 Å². The number of rotatable bonds is 4. The molecular formula is C12H16N4OS2. The predicted octanol–water partition coefficient (Wildman–Crippen LogP) is 2.38. The van der Waals surface area contributed by atoms with Gasteiger partial charge in [0, 0.05) is 12.4 Å². The van der Waals surface area contributed by atoms with E-state index in [0.717, 1.165) is 34.6 Å². The summed E-state index contributed by atoms with van der Waals surface area (Å²) < 4.78 is 7.27. The molecule has 1 aliphatic heterocycles. The van der Waals surface area contributed by atoms with Crippen molar-refractivity contribution < 1.29 is 4.74 Å². The Labute approximate surface area is 120 Å². The zero-order chi connectivity index (χ0) is 13.1. The van der Waals surface area contributed by atoms with Crippen LogP contribution in [0.1, 0.15) is 19.3 Å². The van der Waals surface area contributed by atoms with Crippen molar-refractivity contribution in [2.24, 2.45) is 0 Å².